The average Bonchev–Trinajstić information content (AvgIpc) is 2.84. The van der Waals surface area contributed by atoms with Crippen molar-refractivity contribution in [2.75, 3.05) is 11.9 Å². The molecule has 0 saturated carbocycles. The zero-order valence-electron chi connectivity index (χ0n) is 10.7. The van der Waals surface area contributed by atoms with E-state index in [1.807, 2.05) is 0 Å². The normalized spacial score (nSPS) is 21.8. The summed E-state index contributed by atoms with van der Waals surface area (Å²) >= 11 is 1.28. The SMILES string of the molecule is CC(C)Cc1nnc(NC(=O)C2CC(F)(F)CN2)s1. The van der Waals surface area contributed by atoms with Crippen LogP contribution in [0.1, 0.15) is 25.3 Å². The lowest BCUT2D eigenvalue weighted by atomic mass is 10.1. The first-order valence-electron chi connectivity index (χ1n) is 6.10. The van der Waals surface area contributed by atoms with E-state index in [2.05, 4.69) is 34.7 Å². The summed E-state index contributed by atoms with van der Waals surface area (Å²) in [7, 11) is 0. The Morgan fingerprint density at radius 2 is 2.32 bits per heavy atom. The molecule has 0 spiro atoms. The van der Waals surface area contributed by atoms with Crippen LogP contribution in [0.2, 0.25) is 0 Å². The third kappa shape index (κ3) is 3.90. The standard InChI is InChI=1S/C11H16F2N4OS/c1-6(2)3-8-16-17-10(19-8)15-9(18)7-4-11(12,13)5-14-7/h6-7,14H,3-5H2,1-2H3,(H,15,17,18). The first-order chi connectivity index (χ1) is 8.85. The Labute approximate surface area is 113 Å². The fourth-order valence-electron chi connectivity index (χ4n) is 1.83. The first kappa shape index (κ1) is 14.3. The monoisotopic (exact) mass is 290 g/mol. The molecular weight excluding hydrogens is 274 g/mol. The Bertz CT molecular complexity index is 463. The number of halogens is 2. The van der Waals surface area contributed by atoms with Crippen molar-refractivity contribution < 1.29 is 13.6 Å². The van der Waals surface area contributed by atoms with Crippen LogP contribution in [0.5, 0.6) is 0 Å². The van der Waals surface area contributed by atoms with Gasteiger partial charge in [0.25, 0.3) is 5.92 Å². The molecule has 1 aliphatic heterocycles. The zero-order valence-corrected chi connectivity index (χ0v) is 11.6. The minimum Gasteiger partial charge on any atom is -0.300 e. The number of carbonyl (C=O) groups is 1. The molecule has 2 heterocycles. The molecule has 5 nitrogen and oxygen atoms in total. The highest BCUT2D eigenvalue weighted by Gasteiger charge is 2.42. The summed E-state index contributed by atoms with van der Waals surface area (Å²) in [5, 5.41) is 14.0. The highest BCUT2D eigenvalue weighted by Crippen LogP contribution is 2.26. The van der Waals surface area contributed by atoms with E-state index < -0.39 is 30.8 Å². The quantitative estimate of drug-likeness (QED) is 0.885. The maximum atomic E-state index is 13.0. The predicted octanol–water partition coefficient (Wildman–Crippen LogP) is 1.67. The third-order valence-electron chi connectivity index (χ3n) is 2.71. The number of anilines is 1. The second-order valence-corrected chi connectivity index (χ2v) is 6.14. The Kier molecular flexibility index (Phi) is 4.10. The molecular formula is C11H16F2N4OS. The van der Waals surface area contributed by atoms with Crippen LogP contribution in [-0.2, 0) is 11.2 Å². The van der Waals surface area contributed by atoms with Crippen molar-refractivity contribution in [3.8, 4) is 0 Å². The van der Waals surface area contributed by atoms with E-state index in [-0.39, 0.29) is 0 Å². The van der Waals surface area contributed by atoms with Crippen LogP contribution < -0.4 is 10.6 Å². The lowest BCUT2D eigenvalue weighted by Gasteiger charge is -2.08. The fraction of sp³-hybridized carbons (Fsp3) is 0.727. The Balaban J connectivity index is 1.90. The highest BCUT2D eigenvalue weighted by atomic mass is 32.1. The van der Waals surface area contributed by atoms with E-state index in [1.54, 1.807) is 0 Å². The number of hydrogen-bond donors (Lipinski definition) is 2. The maximum Gasteiger partial charge on any atom is 0.262 e. The molecule has 2 N–H and O–H groups in total. The van der Waals surface area contributed by atoms with Gasteiger partial charge in [-0.15, -0.1) is 10.2 Å². The van der Waals surface area contributed by atoms with Gasteiger partial charge < -0.3 is 0 Å². The lowest BCUT2D eigenvalue weighted by Crippen LogP contribution is -2.35. The summed E-state index contributed by atoms with van der Waals surface area (Å²) in [6, 6.07) is -0.868. The summed E-state index contributed by atoms with van der Waals surface area (Å²) in [5.41, 5.74) is 0. The molecule has 1 fully saturated rings. The number of aromatic nitrogens is 2. The molecule has 1 aromatic rings. The molecule has 0 aromatic carbocycles. The largest absolute Gasteiger partial charge is 0.300 e. The Hall–Kier alpha value is -1.15. The van der Waals surface area contributed by atoms with Crippen LogP contribution >= 0.6 is 11.3 Å². The molecule has 1 amide bonds. The van der Waals surface area contributed by atoms with E-state index in [0.29, 0.717) is 11.0 Å². The van der Waals surface area contributed by atoms with Gasteiger partial charge in [-0.05, 0) is 5.92 Å². The van der Waals surface area contributed by atoms with E-state index in [4.69, 9.17) is 0 Å². The van der Waals surface area contributed by atoms with Gasteiger partial charge in [0, 0.05) is 12.8 Å². The van der Waals surface area contributed by atoms with Crippen molar-refractivity contribution in [3.63, 3.8) is 0 Å². The van der Waals surface area contributed by atoms with Crippen LogP contribution in [0.15, 0.2) is 0 Å². The van der Waals surface area contributed by atoms with Crippen molar-refractivity contribution in [1.82, 2.24) is 15.5 Å². The molecule has 1 unspecified atom stereocenters. The van der Waals surface area contributed by atoms with Gasteiger partial charge in [0.2, 0.25) is 11.0 Å². The van der Waals surface area contributed by atoms with Crippen molar-refractivity contribution in [1.29, 1.82) is 0 Å². The highest BCUT2D eigenvalue weighted by molar-refractivity contribution is 7.15. The number of rotatable bonds is 4. The molecule has 8 heteroatoms. The third-order valence-corrected chi connectivity index (χ3v) is 3.57. The van der Waals surface area contributed by atoms with E-state index >= 15 is 0 Å². The number of alkyl halides is 2. The number of nitrogens with zero attached hydrogens (tertiary/aromatic N) is 2. The number of hydrogen-bond acceptors (Lipinski definition) is 5. The summed E-state index contributed by atoms with van der Waals surface area (Å²) in [6.45, 7) is 3.66. The van der Waals surface area contributed by atoms with Crippen molar-refractivity contribution in [2.45, 2.75) is 38.7 Å². The maximum absolute atomic E-state index is 13.0. The second kappa shape index (κ2) is 5.46. The van der Waals surface area contributed by atoms with Crippen LogP contribution in [0, 0.1) is 5.92 Å². The van der Waals surface area contributed by atoms with E-state index in [9.17, 15) is 13.6 Å². The molecule has 1 atom stereocenters. The topological polar surface area (TPSA) is 66.9 Å². The van der Waals surface area contributed by atoms with Gasteiger partial charge in [-0.25, -0.2) is 8.78 Å². The number of nitrogens with one attached hydrogen (secondary N) is 2. The molecule has 0 aliphatic carbocycles. The van der Waals surface area contributed by atoms with Gasteiger partial charge in [-0.1, -0.05) is 25.2 Å². The predicted molar refractivity (Wildman–Crippen MR) is 68.4 cm³/mol. The second-order valence-electron chi connectivity index (χ2n) is 5.08. The summed E-state index contributed by atoms with van der Waals surface area (Å²) < 4.78 is 25.9. The average molecular weight is 290 g/mol. The molecule has 0 bridgehead atoms. The minimum absolute atomic E-state index is 0.359. The van der Waals surface area contributed by atoms with Gasteiger partial charge in [0.05, 0.1) is 12.6 Å². The molecule has 1 aliphatic rings. The number of amides is 1. The van der Waals surface area contributed by atoms with Crippen molar-refractivity contribution in [3.05, 3.63) is 5.01 Å². The summed E-state index contributed by atoms with van der Waals surface area (Å²) in [6.07, 6.45) is 0.309. The van der Waals surface area contributed by atoms with E-state index in [1.165, 1.54) is 11.3 Å². The lowest BCUT2D eigenvalue weighted by molar-refractivity contribution is -0.118. The van der Waals surface area contributed by atoms with E-state index in [0.717, 1.165) is 11.4 Å². The van der Waals surface area contributed by atoms with Gasteiger partial charge in [-0.3, -0.25) is 15.4 Å². The number of carbonyl (C=O) groups excluding carboxylic acids is 1. The van der Waals surface area contributed by atoms with Gasteiger partial charge in [0.1, 0.15) is 5.01 Å². The Morgan fingerprint density at radius 1 is 1.58 bits per heavy atom. The molecule has 106 valence electrons. The molecule has 1 aromatic heterocycles. The smallest absolute Gasteiger partial charge is 0.262 e. The minimum atomic E-state index is -2.81. The first-order valence-corrected chi connectivity index (χ1v) is 6.92. The van der Waals surface area contributed by atoms with Crippen LogP contribution in [0.25, 0.3) is 0 Å². The van der Waals surface area contributed by atoms with Gasteiger partial charge in [-0.2, -0.15) is 0 Å². The molecule has 0 radical (unpaired) electrons. The summed E-state index contributed by atoms with van der Waals surface area (Å²) in [4.78, 5) is 11.8. The van der Waals surface area contributed by atoms with Gasteiger partial charge >= 0.3 is 0 Å². The van der Waals surface area contributed by atoms with Crippen molar-refractivity contribution in [2.24, 2.45) is 5.92 Å². The zero-order chi connectivity index (χ0) is 14.0. The Morgan fingerprint density at radius 3 is 2.89 bits per heavy atom. The van der Waals surface area contributed by atoms with Crippen LogP contribution in [-0.4, -0.2) is 34.6 Å². The molecule has 2 rings (SSSR count). The van der Waals surface area contributed by atoms with Gasteiger partial charge in [0.15, 0.2) is 0 Å². The fourth-order valence-corrected chi connectivity index (χ4v) is 2.78. The van der Waals surface area contributed by atoms with Crippen LogP contribution in [0.4, 0.5) is 13.9 Å². The summed E-state index contributed by atoms with van der Waals surface area (Å²) in [5.74, 6) is -2.84. The molecule has 19 heavy (non-hydrogen) atoms. The molecule has 1 saturated heterocycles. The van der Waals surface area contributed by atoms with Crippen LogP contribution in [0.3, 0.4) is 0 Å². The van der Waals surface area contributed by atoms with Crippen molar-refractivity contribution >= 4 is 22.4 Å².